The number of hydrogen-bond donors (Lipinski definition) is 0. The highest BCUT2D eigenvalue weighted by atomic mass is 16.5. The van der Waals surface area contributed by atoms with E-state index in [2.05, 4.69) is 143 Å². The van der Waals surface area contributed by atoms with Crippen molar-refractivity contribution in [3.05, 3.63) is 136 Å². The Morgan fingerprint density at radius 3 is 1.98 bits per heavy atom. The predicted octanol–water partition coefficient (Wildman–Crippen LogP) is 11.1. The summed E-state index contributed by atoms with van der Waals surface area (Å²) >= 11 is 0. The number of likely N-dealkylation sites (tertiary alicyclic amines) is 1. The summed E-state index contributed by atoms with van der Waals surface area (Å²) in [5, 5.41) is 0. The van der Waals surface area contributed by atoms with Crippen molar-refractivity contribution in [1.82, 2.24) is 9.88 Å². The molecule has 4 aromatic carbocycles. The van der Waals surface area contributed by atoms with Crippen LogP contribution in [0.3, 0.4) is 0 Å². The Balaban J connectivity index is 1.19. The Hall–Kier alpha value is -4.41. The molecule has 0 atom stereocenters. The van der Waals surface area contributed by atoms with E-state index < -0.39 is 0 Å². The molecule has 0 unspecified atom stereocenters. The smallest absolute Gasteiger partial charge is 0.119 e. The number of piperidine rings is 1. The molecule has 6 rings (SSSR count). The Morgan fingerprint density at radius 2 is 1.34 bits per heavy atom. The van der Waals surface area contributed by atoms with Crippen LogP contribution in [0, 0.1) is 41.5 Å². The van der Waals surface area contributed by atoms with Crippen LogP contribution in [0.5, 0.6) is 5.75 Å². The van der Waals surface area contributed by atoms with E-state index in [1.54, 1.807) is 0 Å². The fraction of sp³-hybridized carbons (Fsp3) is 0.370. The van der Waals surface area contributed by atoms with Gasteiger partial charge in [0.25, 0.3) is 0 Å². The molecule has 1 aliphatic heterocycles. The maximum atomic E-state index is 6.03. The van der Waals surface area contributed by atoms with E-state index in [1.807, 2.05) is 6.20 Å². The largest absolute Gasteiger partial charge is 0.494 e. The highest BCUT2D eigenvalue weighted by Crippen LogP contribution is 2.31. The lowest BCUT2D eigenvalue weighted by Crippen LogP contribution is -2.44. The Morgan fingerprint density at radius 1 is 0.700 bits per heavy atom. The summed E-state index contributed by atoms with van der Waals surface area (Å²) < 4.78 is 6.03. The topological polar surface area (TPSA) is 28.6 Å². The molecule has 0 saturated carbocycles. The van der Waals surface area contributed by atoms with Crippen LogP contribution in [-0.4, -0.2) is 35.6 Å². The minimum Gasteiger partial charge on any atom is -0.494 e. The molecule has 1 aliphatic rings. The van der Waals surface area contributed by atoms with Crippen molar-refractivity contribution in [1.29, 1.82) is 0 Å². The molecule has 1 saturated heterocycles. The Bertz CT molecular complexity index is 1860. The van der Waals surface area contributed by atoms with Crippen molar-refractivity contribution in [2.45, 2.75) is 93.3 Å². The van der Waals surface area contributed by atoms with Crippen LogP contribution in [-0.2, 0) is 13.1 Å². The van der Waals surface area contributed by atoms with Crippen molar-refractivity contribution < 1.29 is 4.74 Å². The molecule has 0 N–H and O–H groups in total. The predicted molar refractivity (Wildman–Crippen MR) is 211 cm³/mol. The molecule has 0 radical (unpaired) electrons. The molecule has 4 nitrogen and oxygen atoms in total. The number of nitrogens with zero attached hydrogens (tertiary/aromatic N) is 3. The molecule has 4 heteroatoms. The standard InChI is InChI=1S/C46H55N3O/c1-8-9-23-50-45-15-13-43(14-16-45)49(31-39-17-20-47-46(29-39)42-26-34(4)37(7)35(5)27-42)44-18-21-48(22-19-44)30-38-11-10-12-40(28-38)41-24-32(2)36(6)33(3)25-41/h10-17,20,24-29,44H,8-9,18-19,21-23,30-31H2,1-7H3. The Kier molecular flexibility index (Phi) is 11.4. The summed E-state index contributed by atoms with van der Waals surface area (Å²) in [6.07, 6.45) is 6.44. The van der Waals surface area contributed by atoms with Crippen molar-refractivity contribution in [2.75, 3.05) is 24.6 Å². The number of pyridine rings is 1. The minimum absolute atomic E-state index is 0.448. The normalized spacial score (nSPS) is 13.8. The van der Waals surface area contributed by atoms with E-state index in [0.717, 1.165) is 69.9 Å². The molecule has 1 aromatic heterocycles. The number of ether oxygens (including phenoxy) is 1. The van der Waals surface area contributed by atoms with Crippen LogP contribution in [0.25, 0.3) is 22.4 Å². The molecule has 0 aliphatic carbocycles. The summed E-state index contributed by atoms with van der Waals surface area (Å²) in [6.45, 7) is 20.2. The lowest BCUT2D eigenvalue weighted by molar-refractivity contribution is 0.201. The van der Waals surface area contributed by atoms with Crippen LogP contribution in [0.1, 0.15) is 77.1 Å². The number of rotatable bonds is 12. The zero-order valence-corrected chi connectivity index (χ0v) is 31.4. The van der Waals surface area contributed by atoms with Crippen molar-refractivity contribution in [3.8, 4) is 28.1 Å². The minimum atomic E-state index is 0.448. The van der Waals surface area contributed by atoms with Crippen LogP contribution in [0.4, 0.5) is 5.69 Å². The number of aromatic nitrogens is 1. The molecule has 0 bridgehead atoms. The summed E-state index contributed by atoms with van der Waals surface area (Å²) in [5.41, 5.74) is 16.9. The molecule has 2 heterocycles. The fourth-order valence-corrected chi connectivity index (χ4v) is 7.31. The maximum Gasteiger partial charge on any atom is 0.119 e. The van der Waals surface area contributed by atoms with Gasteiger partial charge in [0.15, 0.2) is 0 Å². The monoisotopic (exact) mass is 665 g/mol. The second-order valence-corrected chi connectivity index (χ2v) is 14.6. The number of hydrogen-bond acceptors (Lipinski definition) is 4. The first-order valence-electron chi connectivity index (χ1n) is 18.6. The van der Waals surface area contributed by atoms with Gasteiger partial charge in [-0.15, -0.1) is 0 Å². The molecular formula is C46H55N3O. The number of anilines is 1. The van der Waals surface area contributed by atoms with E-state index in [-0.39, 0.29) is 0 Å². The molecule has 260 valence electrons. The van der Waals surface area contributed by atoms with Crippen molar-refractivity contribution >= 4 is 5.69 Å². The zero-order valence-electron chi connectivity index (χ0n) is 31.4. The summed E-state index contributed by atoms with van der Waals surface area (Å²) in [5.74, 6) is 0.950. The van der Waals surface area contributed by atoms with Crippen molar-refractivity contribution in [2.24, 2.45) is 0 Å². The first kappa shape index (κ1) is 35.4. The molecule has 5 aromatic rings. The van der Waals surface area contributed by atoms with E-state index in [4.69, 9.17) is 9.72 Å². The van der Waals surface area contributed by atoms with Crippen LogP contribution >= 0.6 is 0 Å². The van der Waals surface area contributed by atoms with Crippen LogP contribution < -0.4 is 9.64 Å². The number of benzene rings is 4. The molecule has 50 heavy (non-hydrogen) atoms. The van der Waals surface area contributed by atoms with E-state index in [1.165, 1.54) is 66.9 Å². The summed E-state index contributed by atoms with van der Waals surface area (Å²) in [6, 6.07) is 32.1. The number of unbranched alkanes of at least 4 members (excludes halogenated alkanes) is 1. The third kappa shape index (κ3) is 8.47. The van der Waals surface area contributed by atoms with Gasteiger partial charge in [-0.25, -0.2) is 0 Å². The van der Waals surface area contributed by atoms with Gasteiger partial charge >= 0.3 is 0 Å². The summed E-state index contributed by atoms with van der Waals surface area (Å²) in [7, 11) is 0. The molecular weight excluding hydrogens is 611 g/mol. The van der Waals surface area contributed by atoms with Gasteiger partial charge in [-0.2, -0.15) is 0 Å². The van der Waals surface area contributed by atoms with E-state index in [9.17, 15) is 0 Å². The second-order valence-electron chi connectivity index (χ2n) is 14.6. The van der Waals surface area contributed by atoms with Gasteiger partial charge in [0.1, 0.15) is 5.75 Å². The first-order chi connectivity index (χ1) is 24.2. The number of aryl methyl sites for hydroxylation is 4. The van der Waals surface area contributed by atoms with Gasteiger partial charge in [-0.1, -0.05) is 43.7 Å². The van der Waals surface area contributed by atoms with Gasteiger partial charge in [0.05, 0.1) is 12.3 Å². The van der Waals surface area contributed by atoms with Gasteiger partial charge in [-0.05, 0) is 171 Å². The highest BCUT2D eigenvalue weighted by Gasteiger charge is 2.26. The average Bonchev–Trinajstić information content (AvgIpc) is 3.12. The van der Waals surface area contributed by atoms with Gasteiger partial charge < -0.3 is 9.64 Å². The molecule has 0 spiro atoms. The van der Waals surface area contributed by atoms with Crippen LogP contribution in [0.2, 0.25) is 0 Å². The van der Waals surface area contributed by atoms with E-state index in [0.29, 0.717) is 6.04 Å². The Labute approximate surface area is 301 Å². The van der Waals surface area contributed by atoms with Crippen molar-refractivity contribution in [3.63, 3.8) is 0 Å². The van der Waals surface area contributed by atoms with Gasteiger partial charge in [0.2, 0.25) is 0 Å². The van der Waals surface area contributed by atoms with Gasteiger partial charge in [0, 0.05) is 49.7 Å². The highest BCUT2D eigenvalue weighted by molar-refractivity contribution is 5.67. The lowest BCUT2D eigenvalue weighted by atomic mass is 9.95. The average molecular weight is 666 g/mol. The SMILES string of the molecule is CCCCOc1ccc(N(Cc2ccnc(-c3cc(C)c(C)c(C)c3)c2)C2CCN(Cc3cccc(-c4cc(C)c(C)c(C)c4)c3)CC2)cc1. The zero-order chi connectivity index (χ0) is 35.2. The van der Waals surface area contributed by atoms with E-state index >= 15 is 0 Å². The molecule has 0 amide bonds. The maximum absolute atomic E-state index is 6.03. The first-order valence-corrected chi connectivity index (χ1v) is 18.6. The third-order valence-electron chi connectivity index (χ3n) is 10.9. The summed E-state index contributed by atoms with van der Waals surface area (Å²) in [4.78, 5) is 10.1. The molecule has 1 fully saturated rings. The lowest BCUT2D eigenvalue weighted by Gasteiger charge is -2.40. The fourth-order valence-electron chi connectivity index (χ4n) is 7.31. The quantitative estimate of drug-likeness (QED) is 0.124. The second kappa shape index (κ2) is 16.1. The van der Waals surface area contributed by atoms with Crippen LogP contribution in [0.15, 0.2) is 91.1 Å². The third-order valence-corrected chi connectivity index (χ3v) is 10.9. The van der Waals surface area contributed by atoms with Gasteiger partial charge in [-0.3, -0.25) is 9.88 Å².